The van der Waals surface area contributed by atoms with Crippen molar-refractivity contribution in [3.05, 3.63) is 66.0 Å². The smallest absolute Gasteiger partial charge is 0.315 e. The molecule has 1 atom stereocenters. The van der Waals surface area contributed by atoms with Crippen LogP contribution in [0.5, 0.6) is 5.75 Å². The van der Waals surface area contributed by atoms with E-state index in [0.29, 0.717) is 18.3 Å². The zero-order valence-corrected chi connectivity index (χ0v) is 14.1. The molecule has 4 rings (SSSR count). The summed E-state index contributed by atoms with van der Waals surface area (Å²) in [6, 6.07) is 17.2. The molecule has 2 amide bonds. The molecule has 2 aromatic carbocycles. The molecule has 3 aromatic rings. The molecule has 0 fully saturated rings. The van der Waals surface area contributed by atoms with E-state index in [4.69, 9.17) is 4.74 Å². The summed E-state index contributed by atoms with van der Waals surface area (Å²) in [5, 5.41) is 12.8. The first kappa shape index (κ1) is 16.1. The molecule has 2 heterocycles. The van der Waals surface area contributed by atoms with Crippen LogP contribution in [-0.2, 0) is 13.0 Å². The summed E-state index contributed by atoms with van der Waals surface area (Å²) in [6.07, 6.45) is 0.754. The second-order valence-electron chi connectivity index (χ2n) is 6.12. The lowest BCUT2D eigenvalue weighted by molar-refractivity contribution is 0.214. The maximum Gasteiger partial charge on any atom is 0.315 e. The molecule has 1 aromatic heterocycles. The number of urea groups is 1. The molecule has 0 saturated heterocycles. The van der Waals surface area contributed by atoms with Crippen molar-refractivity contribution in [2.75, 3.05) is 6.61 Å². The van der Waals surface area contributed by atoms with Crippen LogP contribution in [0.15, 0.2) is 54.6 Å². The molecular formula is C19H19N5O2. The van der Waals surface area contributed by atoms with Crippen molar-refractivity contribution >= 4 is 6.03 Å². The number of benzene rings is 2. The van der Waals surface area contributed by atoms with E-state index in [-0.39, 0.29) is 18.6 Å². The number of carbonyl (C=O) groups is 1. The standard InChI is InChI=1S/C19H19N5O2/c25-19(21-15-10-14-8-4-5-9-16(14)26-12-15)20-11-17-22-18(24-23-17)13-6-2-1-3-7-13/h1-9,15H,10-12H2,(H2,20,21,25)(H,22,23,24). The van der Waals surface area contributed by atoms with Gasteiger partial charge in [-0.2, -0.15) is 5.10 Å². The van der Waals surface area contributed by atoms with E-state index in [9.17, 15) is 4.79 Å². The summed E-state index contributed by atoms with van der Waals surface area (Å²) in [6.45, 7) is 0.737. The van der Waals surface area contributed by atoms with Gasteiger partial charge in [-0.15, -0.1) is 0 Å². The Bertz CT molecular complexity index is 894. The van der Waals surface area contributed by atoms with Gasteiger partial charge in [0.2, 0.25) is 0 Å². The van der Waals surface area contributed by atoms with Gasteiger partial charge < -0.3 is 15.4 Å². The van der Waals surface area contributed by atoms with Crippen molar-refractivity contribution in [1.29, 1.82) is 0 Å². The van der Waals surface area contributed by atoms with Crippen molar-refractivity contribution in [1.82, 2.24) is 25.8 Å². The number of hydrogen-bond acceptors (Lipinski definition) is 4. The fraction of sp³-hybridized carbons (Fsp3) is 0.211. The van der Waals surface area contributed by atoms with Gasteiger partial charge in [0.15, 0.2) is 5.82 Å². The summed E-state index contributed by atoms with van der Waals surface area (Å²) in [5.74, 6) is 2.10. The van der Waals surface area contributed by atoms with Crippen LogP contribution < -0.4 is 15.4 Å². The van der Waals surface area contributed by atoms with Gasteiger partial charge in [0.25, 0.3) is 0 Å². The van der Waals surface area contributed by atoms with Crippen LogP contribution in [-0.4, -0.2) is 33.9 Å². The Morgan fingerprint density at radius 1 is 1.15 bits per heavy atom. The number of para-hydroxylation sites is 1. The molecule has 1 aliphatic heterocycles. The monoisotopic (exact) mass is 349 g/mol. The van der Waals surface area contributed by atoms with Gasteiger partial charge in [-0.3, -0.25) is 5.10 Å². The van der Waals surface area contributed by atoms with Crippen LogP contribution in [0.3, 0.4) is 0 Å². The lowest BCUT2D eigenvalue weighted by Gasteiger charge is -2.26. The molecule has 0 bridgehead atoms. The minimum Gasteiger partial charge on any atom is -0.491 e. The van der Waals surface area contributed by atoms with Gasteiger partial charge in [-0.1, -0.05) is 48.5 Å². The van der Waals surface area contributed by atoms with E-state index in [1.807, 2.05) is 54.6 Å². The highest BCUT2D eigenvalue weighted by Gasteiger charge is 2.21. The molecule has 0 aliphatic carbocycles. The quantitative estimate of drug-likeness (QED) is 0.674. The van der Waals surface area contributed by atoms with Gasteiger partial charge in [0, 0.05) is 5.56 Å². The van der Waals surface area contributed by atoms with Crippen LogP contribution in [0.1, 0.15) is 11.4 Å². The number of ether oxygens (including phenoxy) is 1. The predicted octanol–water partition coefficient (Wildman–Crippen LogP) is 2.27. The zero-order chi connectivity index (χ0) is 17.8. The van der Waals surface area contributed by atoms with Crippen LogP contribution in [0.25, 0.3) is 11.4 Å². The highest BCUT2D eigenvalue weighted by molar-refractivity contribution is 5.74. The van der Waals surface area contributed by atoms with E-state index in [1.165, 1.54) is 0 Å². The molecule has 3 N–H and O–H groups in total. The third-order valence-electron chi connectivity index (χ3n) is 4.19. The number of carbonyl (C=O) groups excluding carboxylic acids is 1. The first-order valence-corrected chi connectivity index (χ1v) is 8.50. The van der Waals surface area contributed by atoms with Crippen LogP contribution in [0.2, 0.25) is 0 Å². The Balaban J connectivity index is 1.29. The number of rotatable bonds is 4. The van der Waals surface area contributed by atoms with E-state index in [1.54, 1.807) is 0 Å². The van der Waals surface area contributed by atoms with Gasteiger partial charge in [-0.05, 0) is 18.1 Å². The maximum atomic E-state index is 12.1. The average Bonchev–Trinajstić information content (AvgIpc) is 3.16. The second kappa shape index (κ2) is 7.26. The maximum absolute atomic E-state index is 12.1. The summed E-state index contributed by atoms with van der Waals surface area (Å²) < 4.78 is 5.68. The van der Waals surface area contributed by atoms with Crippen molar-refractivity contribution in [2.24, 2.45) is 0 Å². The second-order valence-corrected chi connectivity index (χ2v) is 6.12. The minimum absolute atomic E-state index is 0.0560. The fourth-order valence-electron chi connectivity index (χ4n) is 2.91. The van der Waals surface area contributed by atoms with Crippen LogP contribution in [0.4, 0.5) is 4.79 Å². The summed E-state index contributed by atoms with van der Waals surface area (Å²) >= 11 is 0. The van der Waals surface area contributed by atoms with Crippen LogP contribution >= 0.6 is 0 Å². The number of fused-ring (bicyclic) bond motifs is 1. The molecule has 26 heavy (non-hydrogen) atoms. The Hall–Kier alpha value is -3.35. The van der Waals surface area contributed by atoms with E-state index in [0.717, 1.165) is 23.3 Å². The molecule has 1 aliphatic rings. The molecule has 7 nitrogen and oxygen atoms in total. The van der Waals surface area contributed by atoms with E-state index >= 15 is 0 Å². The first-order chi connectivity index (χ1) is 12.8. The van der Waals surface area contributed by atoms with Gasteiger partial charge in [-0.25, -0.2) is 9.78 Å². The first-order valence-electron chi connectivity index (χ1n) is 8.50. The average molecular weight is 349 g/mol. The third-order valence-corrected chi connectivity index (χ3v) is 4.19. The van der Waals surface area contributed by atoms with Gasteiger partial charge in [0.1, 0.15) is 18.2 Å². The summed E-state index contributed by atoms with van der Waals surface area (Å²) in [5.41, 5.74) is 2.03. The van der Waals surface area contributed by atoms with Gasteiger partial charge in [0.05, 0.1) is 12.6 Å². The minimum atomic E-state index is -0.254. The van der Waals surface area contributed by atoms with E-state index < -0.39 is 0 Å². The Morgan fingerprint density at radius 3 is 2.85 bits per heavy atom. The number of amides is 2. The number of aromatic amines is 1. The van der Waals surface area contributed by atoms with Gasteiger partial charge >= 0.3 is 6.03 Å². The molecule has 0 saturated carbocycles. The van der Waals surface area contributed by atoms with Crippen molar-refractivity contribution in [3.63, 3.8) is 0 Å². The Kier molecular flexibility index (Phi) is 4.51. The normalized spacial score (nSPS) is 15.6. The Morgan fingerprint density at radius 2 is 1.96 bits per heavy atom. The highest BCUT2D eigenvalue weighted by Crippen LogP contribution is 2.23. The van der Waals surface area contributed by atoms with Crippen molar-refractivity contribution in [3.8, 4) is 17.1 Å². The number of H-pyrrole nitrogens is 1. The predicted molar refractivity (Wildman–Crippen MR) is 96.6 cm³/mol. The van der Waals surface area contributed by atoms with Crippen molar-refractivity contribution in [2.45, 2.75) is 19.0 Å². The molecular weight excluding hydrogens is 330 g/mol. The lowest BCUT2D eigenvalue weighted by atomic mass is 10.0. The summed E-state index contributed by atoms with van der Waals surface area (Å²) in [4.78, 5) is 16.5. The lowest BCUT2D eigenvalue weighted by Crippen LogP contribution is -2.47. The number of hydrogen-bond donors (Lipinski definition) is 3. The molecule has 0 spiro atoms. The molecule has 132 valence electrons. The fourth-order valence-corrected chi connectivity index (χ4v) is 2.91. The largest absolute Gasteiger partial charge is 0.491 e. The van der Waals surface area contributed by atoms with E-state index in [2.05, 4.69) is 25.8 Å². The zero-order valence-electron chi connectivity index (χ0n) is 14.1. The molecule has 0 radical (unpaired) electrons. The number of nitrogens with zero attached hydrogens (tertiary/aromatic N) is 2. The van der Waals surface area contributed by atoms with Crippen LogP contribution in [0, 0.1) is 0 Å². The van der Waals surface area contributed by atoms with Crippen molar-refractivity contribution < 1.29 is 9.53 Å². The topological polar surface area (TPSA) is 91.9 Å². The molecule has 1 unspecified atom stereocenters. The number of nitrogens with one attached hydrogen (secondary N) is 3. The SMILES string of the molecule is O=C(NCc1nc(-c2ccccc2)n[nH]1)NC1COc2ccccc2C1. The summed E-state index contributed by atoms with van der Waals surface area (Å²) in [7, 11) is 0. The number of aromatic nitrogens is 3. The highest BCUT2D eigenvalue weighted by atomic mass is 16.5. The Labute approximate surface area is 150 Å². The molecule has 7 heteroatoms. The third kappa shape index (κ3) is 3.66.